The summed E-state index contributed by atoms with van der Waals surface area (Å²) in [5.41, 5.74) is 0.669. The van der Waals surface area contributed by atoms with Gasteiger partial charge in [0.05, 0.1) is 5.56 Å². The largest absolute Gasteiger partial charge is 0.458 e. The molecule has 1 aliphatic rings. The minimum atomic E-state index is -4.60. The molecule has 1 aromatic carbocycles. The molecule has 0 aliphatic heterocycles. The molecule has 0 bridgehead atoms. The van der Waals surface area contributed by atoms with Gasteiger partial charge in [0, 0.05) is 5.92 Å². The fourth-order valence-electron chi connectivity index (χ4n) is 3.21. The Labute approximate surface area is 141 Å². The van der Waals surface area contributed by atoms with Gasteiger partial charge in [-0.25, -0.2) is 4.39 Å². The molecule has 0 nitrogen and oxygen atoms in total. The summed E-state index contributed by atoms with van der Waals surface area (Å²) in [5, 5.41) is 0. The highest BCUT2D eigenvalue weighted by atomic mass is 19.4. The van der Waals surface area contributed by atoms with Crippen LogP contribution >= 0.6 is 0 Å². The molecule has 0 atom stereocenters. The van der Waals surface area contributed by atoms with Crippen molar-refractivity contribution in [1.82, 2.24) is 0 Å². The molecule has 1 aromatic rings. The van der Waals surface area contributed by atoms with E-state index in [-0.39, 0.29) is 11.5 Å². The molecule has 0 unspecified atom stereocenters. The van der Waals surface area contributed by atoms with Crippen LogP contribution in [-0.4, -0.2) is 6.18 Å². The van der Waals surface area contributed by atoms with Gasteiger partial charge in [0.25, 0.3) is 0 Å². The van der Waals surface area contributed by atoms with Gasteiger partial charge in [-0.2, -0.15) is 13.2 Å². The summed E-state index contributed by atoms with van der Waals surface area (Å²) in [6.07, 6.45) is 6.18. The zero-order valence-electron chi connectivity index (χ0n) is 13.8. The molecule has 24 heavy (non-hydrogen) atoms. The van der Waals surface area contributed by atoms with E-state index in [1.165, 1.54) is 12.1 Å². The first-order valence-corrected chi connectivity index (χ1v) is 8.43. The zero-order chi connectivity index (χ0) is 17.6. The van der Waals surface area contributed by atoms with Gasteiger partial charge in [-0.15, -0.1) is 0 Å². The maximum atomic E-state index is 14.0. The number of rotatable bonds is 4. The predicted molar refractivity (Wildman–Crippen MR) is 88.1 cm³/mol. The Morgan fingerprint density at radius 2 is 1.83 bits per heavy atom. The van der Waals surface area contributed by atoms with E-state index in [1.807, 2.05) is 5.92 Å². The van der Waals surface area contributed by atoms with Gasteiger partial charge < -0.3 is 0 Å². The third kappa shape index (κ3) is 5.70. The second-order valence-electron chi connectivity index (χ2n) is 6.32. The Morgan fingerprint density at radius 3 is 2.42 bits per heavy atom. The van der Waals surface area contributed by atoms with Crippen LogP contribution in [0.3, 0.4) is 0 Å². The fraction of sp³-hybridized carbons (Fsp3) is 0.500. The normalized spacial score (nSPS) is 21.5. The van der Waals surface area contributed by atoms with Crippen LogP contribution in [0.2, 0.25) is 0 Å². The summed E-state index contributed by atoms with van der Waals surface area (Å²) in [7, 11) is 0. The summed E-state index contributed by atoms with van der Waals surface area (Å²) in [5.74, 6) is 3.28. The molecule has 130 valence electrons. The van der Waals surface area contributed by atoms with Crippen molar-refractivity contribution >= 4 is 0 Å². The molecule has 2 rings (SSSR count). The third-order valence-electron chi connectivity index (χ3n) is 4.52. The number of hydrogen-bond donors (Lipinski definition) is 0. The van der Waals surface area contributed by atoms with Gasteiger partial charge in [0.2, 0.25) is 0 Å². The maximum absolute atomic E-state index is 14.0. The highest BCUT2D eigenvalue weighted by Crippen LogP contribution is 2.37. The van der Waals surface area contributed by atoms with Crippen molar-refractivity contribution in [3.63, 3.8) is 0 Å². The van der Waals surface area contributed by atoms with Crippen molar-refractivity contribution in [2.75, 3.05) is 0 Å². The summed E-state index contributed by atoms with van der Waals surface area (Å²) in [6, 6.07) is 4.42. The predicted octanol–water partition coefficient (Wildman–Crippen LogP) is 6.37. The van der Waals surface area contributed by atoms with Gasteiger partial charge in [-0.1, -0.05) is 31.1 Å². The van der Waals surface area contributed by atoms with E-state index in [4.69, 9.17) is 0 Å². The Hall–Kier alpha value is -1.76. The molecule has 1 saturated carbocycles. The molecule has 0 radical (unpaired) electrons. The van der Waals surface area contributed by atoms with E-state index in [2.05, 4.69) is 19.1 Å². The van der Waals surface area contributed by atoms with E-state index in [0.717, 1.165) is 50.0 Å². The molecule has 0 N–H and O–H groups in total. The lowest BCUT2D eigenvalue weighted by molar-refractivity contribution is -0.0696. The van der Waals surface area contributed by atoms with Crippen molar-refractivity contribution < 1.29 is 17.6 Å². The van der Waals surface area contributed by atoms with Crippen molar-refractivity contribution in [3.05, 3.63) is 47.3 Å². The summed E-state index contributed by atoms with van der Waals surface area (Å²) in [6.45, 7) is 2.12. The van der Waals surface area contributed by atoms with E-state index in [0.29, 0.717) is 5.92 Å². The topological polar surface area (TPSA) is 0 Å². The first-order valence-electron chi connectivity index (χ1n) is 8.43. The second-order valence-corrected chi connectivity index (χ2v) is 6.32. The van der Waals surface area contributed by atoms with Crippen LogP contribution in [0.25, 0.3) is 0 Å². The molecule has 1 fully saturated rings. The number of allylic oxidation sites excluding steroid dienone is 2. The van der Waals surface area contributed by atoms with Crippen LogP contribution in [-0.2, 0) is 0 Å². The van der Waals surface area contributed by atoms with Crippen molar-refractivity contribution in [1.29, 1.82) is 0 Å². The van der Waals surface area contributed by atoms with E-state index < -0.39 is 12.0 Å². The molecule has 0 saturated heterocycles. The Balaban J connectivity index is 1.98. The quantitative estimate of drug-likeness (QED) is 0.340. The highest BCUT2D eigenvalue weighted by molar-refractivity contribution is 5.39. The lowest BCUT2D eigenvalue weighted by Crippen LogP contribution is -2.13. The van der Waals surface area contributed by atoms with Gasteiger partial charge in [-0.05, 0) is 68.1 Å². The van der Waals surface area contributed by atoms with Gasteiger partial charge in [0.1, 0.15) is 5.82 Å². The third-order valence-corrected chi connectivity index (χ3v) is 4.52. The van der Waals surface area contributed by atoms with Gasteiger partial charge >= 0.3 is 6.18 Å². The van der Waals surface area contributed by atoms with Crippen molar-refractivity contribution in [2.45, 2.75) is 57.5 Å². The first kappa shape index (κ1) is 18.6. The monoisotopic (exact) mass is 338 g/mol. The minimum absolute atomic E-state index is 0.200. The standard InChI is InChI=1S/C20H22F4/c1-2-3-4-5-15-6-8-16(9-7-15)18-11-10-17(19(21)14-18)12-13-20(22,23)24/h3-4,10-11,14-16H,2,5-9H2,1H3. The molecule has 1 aliphatic carbocycles. The zero-order valence-corrected chi connectivity index (χ0v) is 13.8. The highest BCUT2D eigenvalue weighted by Gasteiger charge is 2.24. The number of hydrogen-bond acceptors (Lipinski definition) is 0. The van der Waals surface area contributed by atoms with Crippen LogP contribution in [0.15, 0.2) is 30.4 Å². The van der Waals surface area contributed by atoms with Crippen LogP contribution in [0.5, 0.6) is 0 Å². The molecule has 0 amide bonds. The van der Waals surface area contributed by atoms with Crippen LogP contribution in [0, 0.1) is 23.6 Å². The first-order chi connectivity index (χ1) is 11.4. The van der Waals surface area contributed by atoms with Crippen LogP contribution in [0.1, 0.15) is 62.5 Å². The van der Waals surface area contributed by atoms with Gasteiger partial charge in [-0.3, -0.25) is 0 Å². The summed E-state index contributed by atoms with van der Waals surface area (Å²) in [4.78, 5) is 0. The molecule has 4 heteroatoms. The molecule has 0 aromatic heterocycles. The molecular weight excluding hydrogens is 316 g/mol. The van der Waals surface area contributed by atoms with E-state index in [9.17, 15) is 17.6 Å². The van der Waals surface area contributed by atoms with Crippen molar-refractivity contribution in [3.8, 4) is 11.8 Å². The lowest BCUT2D eigenvalue weighted by Gasteiger charge is -2.28. The summed E-state index contributed by atoms with van der Waals surface area (Å²) >= 11 is 0. The second kappa shape index (κ2) is 8.37. The number of alkyl halides is 3. The van der Waals surface area contributed by atoms with E-state index >= 15 is 0 Å². The molecule has 0 spiro atoms. The smallest absolute Gasteiger partial charge is 0.206 e. The average Bonchev–Trinajstić information content (AvgIpc) is 2.54. The minimum Gasteiger partial charge on any atom is -0.206 e. The van der Waals surface area contributed by atoms with E-state index in [1.54, 1.807) is 6.07 Å². The Kier molecular flexibility index (Phi) is 6.48. The van der Waals surface area contributed by atoms with Crippen LogP contribution < -0.4 is 0 Å². The molecule has 0 heterocycles. The maximum Gasteiger partial charge on any atom is 0.458 e. The summed E-state index contributed by atoms with van der Waals surface area (Å²) < 4.78 is 50.3. The van der Waals surface area contributed by atoms with Gasteiger partial charge in [0.15, 0.2) is 0 Å². The van der Waals surface area contributed by atoms with Crippen LogP contribution in [0.4, 0.5) is 17.6 Å². The Morgan fingerprint density at radius 1 is 1.12 bits per heavy atom. The SMILES string of the molecule is CCC=CCC1CCC(c2ccc(C#CC(F)(F)F)c(F)c2)CC1. The number of benzene rings is 1. The Bertz CT molecular complexity index is 623. The fourth-order valence-corrected chi connectivity index (χ4v) is 3.21. The number of halogens is 4. The lowest BCUT2D eigenvalue weighted by atomic mass is 9.77. The van der Waals surface area contributed by atoms with Crippen molar-refractivity contribution in [2.24, 2.45) is 5.92 Å². The molecular formula is C20H22F4. The average molecular weight is 338 g/mol.